The molecule has 1 N–H and O–H groups in total. The van der Waals surface area contributed by atoms with Crippen LogP contribution in [-0.2, 0) is 23.9 Å². The number of hydrogen-bond donors (Lipinski definition) is 1. The summed E-state index contributed by atoms with van der Waals surface area (Å²) >= 11 is 0. The van der Waals surface area contributed by atoms with E-state index in [1.807, 2.05) is 0 Å². The highest BCUT2D eigenvalue weighted by Crippen LogP contribution is 2.33. The maximum atomic E-state index is 13.3. The lowest BCUT2D eigenvalue weighted by Crippen LogP contribution is -2.29. The van der Waals surface area contributed by atoms with Crippen molar-refractivity contribution in [3.63, 3.8) is 0 Å². The van der Waals surface area contributed by atoms with E-state index in [4.69, 9.17) is 4.74 Å². The van der Waals surface area contributed by atoms with E-state index in [9.17, 15) is 39.4 Å². The first-order valence-electron chi connectivity index (χ1n) is 12.2. The van der Waals surface area contributed by atoms with E-state index in [2.05, 4.69) is 5.32 Å². The quantitative estimate of drug-likeness (QED) is 0.201. The van der Waals surface area contributed by atoms with E-state index in [0.717, 1.165) is 12.2 Å². The monoisotopic (exact) mass is 547 g/mol. The second-order valence-corrected chi connectivity index (χ2v) is 8.73. The second-order valence-electron chi connectivity index (χ2n) is 8.73. The minimum Gasteiger partial charge on any atom is -0.465 e. The number of ketones is 2. The lowest BCUT2D eigenvalue weighted by molar-refractivity contribution is -0.385. The molecule has 1 aliphatic rings. The number of carbonyl (C=O) groups is 4. The highest BCUT2D eigenvalue weighted by molar-refractivity contribution is 6.15. The topological polar surface area (TPSA) is 176 Å². The Labute approximate surface area is 228 Å². The number of nitrogens with zero attached hydrogens (tertiary/aromatic N) is 2. The van der Waals surface area contributed by atoms with Crippen LogP contribution in [0.5, 0.6) is 0 Å². The number of nitro groups is 2. The number of carbonyl (C=O) groups excluding carboxylic acids is 4. The molecule has 0 bridgehead atoms. The molecule has 0 atom stereocenters. The highest BCUT2D eigenvalue weighted by atomic mass is 16.6. The maximum absolute atomic E-state index is 13.3. The van der Waals surface area contributed by atoms with Gasteiger partial charge in [-0.1, -0.05) is 0 Å². The number of hydrogen-bond acceptors (Lipinski definition) is 9. The van der Waals surface area contributed by atoms with Crippen LogP contribution in [0, 0.1) is 26.1 Å². The minimum atomic E-state index is -0.708. The first-order chi connectivity index (χ1) is 19.1. The van der Waals surface area contributed by atoms with Crippen LogP contribution < -0.4 is 5.32 Å². The number of allylic oxidation sites excluding steroid dienone is 3. The van der Waals surface area contributed by atoms with Gasteiger partial charge in [0.1, 0.15) is 6.54 Å². The summed E-state index contributed by atoms with van der Waals surface area (Å²) < 4.78 is 4.73. The van der Waals surface area contributed by atoms with Gasteiger partial charge in [0.25, 0.3) is 11.4 Å². The van der Waals surface area contributed by atoms with Crippen LogP contribution in [0.4, 0.5) is 11.4 Å². The molecule has 2 aromatic rings. The standard InChI is InChI=1S/C28H25N3O9/c1-2-40-27(34)17-29-26(33)12-11-25(32)20-15-21(13-18-3-7-23(8-4-18)30(36)37)28(35)22(16-20)14-19-5-9-24(10-6-19)31(38)39/h3-14,20H,2,15-17H2,1H3,(H,29,33)/b12-11-,21-13+,22-14+. The van der Waals surface area contributed by atoms with Gasteiger partial charge in [0.15, 0.2) is 11.6 Å². The van der Waals surface area contributed by atoms with Crippen LogP contribution in [0.25, 0.3) is 12.2 Å². The summed E-state index contributed by atoms with van der Waals surface area (Å²) in [7, 11) is 0. The summed E-state index contributed by atoms with van der Waals surface area (Å²) in [6, 6.07) is 11.1. The number of amides is 1. The van der Waals surface area contributed by atoms with Gasteiger partial charge in [-0.3, -0.25) is 39.4 Å². The molecule has 12 heteroatoms. The second kappa shape index (κ2) is 13.5. The van der Waals surface area contributed by atoms with E-state index < -0.39 is 33.4 Å². The lowest BCUT2D eigenvalue weighted by Gasteiger charge is -2.24. The van der Waals surface area contributed by atoms with Crippen LogP contribution >= 0.6 is 0 Å². The Bertz CT molecular complexity index is 1340. The Hall–Kier alpha value is -5.26. The van der Waals surface area contributed by atoms with Gasteiger partial charge < -0.3 is 10.1 Å². The molecular weight excluding hydrogens is 522 g/mol. The van der Waals surface area contributed by atoms with E-state index in [1.165, 1.54) is 48.5 Å². The van der Waals surface area contributed by atoms with Crippen molar-refractivity contribution < 1.29 is 33.8 Å². The third kappa shape index (κ3) is 8.12. The molecule has 1 amide bonds. The number of nitrogens with one attached hydrogen (secondary N) is 1. The van der Waals surface area contributed by atoms with Crippen molar-refractivity contribution in [3.8, 4) is 0 Å². The Morgan fingerprint density at radius 3 is 1.77 bits per heavy atom. The van der Waals surface area contributed by atoms with Crippen LogP contribution in [-0.4, -0.2) is 46.4 Å². The smallest absolute Gasteiger partial charge is 0.325 e. The fraction of sp³-hybridized carbons (Fsp3) is 0.214. The summed E-state index contributed by atoms with van der Waals surface area (Å²) in [5, 5.41) is 24.2. The Kier molecular flexibility index (Phi) is 9.90. The van der Waals surface area contributed by atoms with Crippen molar-refractivity contribution in [1.82, 2.24) is 5.32 Å². The summed E-state index contributed by atoms with van der Waals surface area (Å²) in [5.41, 5.74) is 1.38. The maximum Gasteiger partial charge on any atom is 0.325 e. The zero-order valence-corrected chi connectivity index (χ0v) is 21.4. The van der Waals surface area contributed by atoms with Gasteiger partial charge in [0.2, 0.25) is 5.91 Å². The largest absolute Gasteiger partial charge is 0.465 e. The predicted octanol–water partition coefficient (Wildman–Crippen LogP) is 3.75. The first-order valence-corrected chi connectivity index (χ1v) is 12.2. The van der Waals surface area contributed by atoms with E-state index in [-0.39, 0.29) is 54.3 Å². The zero-order valence-electron chi connectivity index (χ0n) is 21.4. The molecule has 1 fully saturated rings. The SMILES string of the molecule is CCOC(=O)CNC(=O)/C=C\C(=O)C1C/C(=C\c2ccc([N+](=O)[O-])cc2)C(=O)/C(=C/c2ccc([N+](=O)[O-])cc2)C1. The van der Waals surface area contributed by atoms with Crippen molar-refractivity contribution in [1.29, 1.82) is 0 Å². The average Bonchev–Trinajstić information content (AvgIpc) is 2.93. The van der Waals surface area contributed by atoms with Crippen molar-refractivity contribution in [2.24, 2.45) is 5.92 Å². The van der Waals surface area contributed by atoms with Gasteiger partial charge in [-0.15, -0.1) is 0 Å². The van der Waals surface area contributed by atoms with Crippen LogP contribution in [0.2, 0.25) is 0 Å². The predicted molar refractivity (Wildman–Crippen MR) is 144 cm³/mol. The summed E-state index contributed by atoms with van der Waals surface area (Å²) in [6.07, 6.45) is 5.28. The fourth-order valence-electron chi connectivity index (χ4n) is 3.96. The third-order valence-electron chi connectivity index (χ3n) is 5.92. The molecule has 0 aliphatic heterocycles. The van der Waals surface area contributed by atoms with Crippen molar-refractivity contribution in [3.05, 3.63) is 103 Å². The Morgan fingerprint density at radius 2 is 1.35 bits per heavy atom. The molecule has 1 aliphatic carbocycles. The van der Waals surface area contributed by atoms with Crippen molar-refractivity contribution in [2.45, 2.75) is 19.8 Å². The van der Waals surface area contributed by atoms with Gasteiger partial charge in [0.05, 0.1) is 16.5 Å². The van der Waals surface area contributed by atoms with E-state index in [1.54, 1.807) is 19.1 Å². The van der Waals surface area contributed by atoms with Gasteiger partial charge in [-0.2, -0.15) is 0 Å². The van der Waals surface area contributed by atoms with Crippen LogP contribution in [0.1, 0.15) is 30.9 Å². The van der Waals surface area contributed by atoms with Gasteiger partial charge in [-0.25, -0.2) is 0 Å². The molecule has 0 radical (unpaired) electrons. The van der Waals surface area contributed by atoms with Gasteiger partial charge in [0, 0.05) is 47.4 Å². The molecule has 0 aromatic heterocycles. The number of Topliss-reactive ketones (excluding diaryl/α,β-unsaturated/α-hetero) is 1. The number of ether oxygens (including phenoxy) is 1. The normalized spacial score (nSPS) is 17.1. The Balaban J connectivity index is 1.87. The Morgan fingerprint density at radius 1 is 0.875 bits per heavy atom. The van der Waals surface area contributed by atoms with Gasteiger partial charge >= 0.3 is 5.97 Å². The first kappa shape index (κ1) is 29.3. The van der Waals surface area contributed by atoms with E-state index in [0.29, 0.717) is 11.1 Å². The third-order valence-corrected chi connectivity index (χ3v) is 5.92. The number of esters is 1. The molecule has 0 saturated heterocycles. The zero-order chi connectivity index (χ0) is 29.2. The van der Waals surface area contributed by atoms with Crippen LogP contribution in [0.15, 0.2) is 71.8 Å². The fourth-order valence-corrected chi connectivity index (χ4v) is 3.96. The summed E-state index contributed by atoms with van der Waals surface area (Å²) in [5.74, 6) is -2.76. The minimum absolute atomic E-state index is 0.0566. The molecule has 0 spiro atoms. The van der Waals surface area contributed by atoms with Crippen LogP contribution in [0.3, 0.4) is 0 Å². The number of benzene rings is 2. The van der Waals surface area contributed by atoms with Gasteiger partial charge in [-0.05, 0) is 73.4 Å². The molecule has 0 heterocycles. The average molecular weight is 548 g/mol. The molecule has 0 unspecified atom stereocenters. The lowest BCUT2D eigenvalue weighted by atomic mass is 9.78. The van der Waals surface area contributed by atoms with Crippen molar-refractivity contribution >= 4 is 47.0 Å². The van der Waals surface area contributed by atoms with Crippen molar-refractivity contribution in [2.75, 3.05) is 13.2 Å². The molecule has 40 heavy (non-hydrogen) atoms. The molecular formula is C28H25N3O9. The summed E-state index contributed by atoms with van der Waals surface area (Å²) in [6.45, 7) is 1.43. The number of rotatable bonds is 10. The molecule has 1 saturated carbocycles. The number of non-ortho nitro benzene ring substituents is 2. The molecule has 2 aromatic carbocycles. The number of nitro benzene ring substituents is 2. The van der Waals surface area contributed by atoms with E-state index >= 15 is 0 Å². The highest BCUT2D eigenvalue weighted by Gasteiger charge is 2.31. The summed E-state index contributed by atoms with van der Waals surface area (Å²) in [4.78, 5) is 70.6. The molecule has 206 valence electrons. The molecule has 12 nitrogen and oxygen atoms in total. The molecule has 3 rings (SSSR count).